The average Bonchev–Trinajstić information content (AvgIpc) is 1.61. The highest BCUT2D eigenvalue weighted by Gasteiger charge is 2.52. The number of halogens is 1. The molecule has 550 valence electrons. The van der Waals surface area contributed by atoms with Crippen LogP contribution >= 0.6 is 15.9 Å². The predicted octanol–water partition coefficient (Wildman–Crippen LogP) is 16.2. The molecule has 0 spiro atoms. The van der Waals surface area contributed by atoms with Crippen LogP contribution in [0.25, 0.3) is 5.57 Å². The maximum absolute atomic E-state index is 13.2. The first-order valence-corrected chi connectivity index (χ1v) is 36.8. The van der Waals surface area contributed by atoms with E-state index in [0.717, 1.165) is 130 Å². The number of nitrogens with zero attached hydrogens (tertiary/aromatic N) is 8. The van der Waals surface area contributed by atoms with Crippen molar-refractivity contribution < 1.29 is 52.3 Å². The summed E-state index contributed by atoms with van der Waals surface area (Å²) in [7, 11) is -0.500. The molecule has 0 saturated carbocycles. The molecule has 2 saturated heterocycles. The molecule has 1 atom stereocenters. The molecule has 4 aromatic carbocycles. The number of carbonyl (C=O) groups is 6. The Bertz CT molecular complexity index is 4750. The molecule has 106 heavy (non-hydrogen) atoms. The van der Waals surface area contributed by atoms with E-state index in [4.69, 9.17) is 23.5 Å². The smallest absolute Gasteiger partial charge is 0.443 e. The van der Waals surface area contributed by atoms with Crippen molar-refractivity contribution in [2.24, 2.45) is 0 Å². The van der Waals surface area contributed by atoms with Crippen LogP contribution in [0.4, 0.5) is 54.5 Å². The molecule has 2 fully saturated rings. The summed E-state index contributed by atoms with van der Waals surface area (Å²) in [6.45, 7) is 28.5. The first kappa shape index (κ1) is 75.6. The van der Waals surface area contributed by atoms with E-state index in [1.807, 2.05) is 205 Å². The Balaban J connectivity index is 0.000000133. The lowest BCUT2D eigenvalue weighted by Gasteiger charge is -2.32. The third kappa shape index (κ3) is 17.5. The summed E-state index contributed by atoms with van der Waals surface area (Å²) in [4.78, 5) is 99.1. The Hall–Kier alpha value is -10.1. The fourth-order valence-electron chi connectivity index (χ4n) is 13.5. The quantitative estimate of drug-likeness (QED) is 0.124. The number of aromatic nitrogens is 4. The summed E-state index contributed by atoms with van der Waals surface area (Å²) in [5.41, 5.74) is 14.6. The molecule has 6 aliphatic heterocycles. The molecule has 5 amide bonds. The molecule has 10 heterocycles. The van der Waals surface area contributed by atoms with Crippen molar-refractivity contribution in [2.75, 3.05) is 31.5 Å². The first-order valence-electron chi connectivity index (χ1n) is 36.0. The predicted molar refractivity (Wildman–Crippen MR) is 415 cm³/mol. The lowest BCUT2D eigenvalue weighted by Crippen LogP contribution is -2.41. The van der Waals surface area contributed by atoms with Crippen molar-refractivity contribution in [3.05, 3.63) is 218 Å². The molecule has 8 aromatic rings. The van der Waals surface area contributed by atoms with Gasteiger partial charge in [-0.15, -0.1) is 0 Å². The lowest BCUT2D eigenvalue weighted by atomic mass is 9.78. The molecule has 4 aromatic heterocycles. The largest absolute Gasteiger partial charge is 0.494 e. The number of rotatable bonds is 3. The number of carbonyl (C=O) groups excluding carboxylic acids is 6. The van der Waals surface area contributed by atoms with Gasteiger partial charge < -0.3 is 39.1 Å². The minimum absolute atomic E-state index is 0.0208. The highest BCUT2D eigenvalue weighted by atomic mass is 79.9. The summed E-state index contributed by atoms with van der Waals surface area (Å²) in [6.07, 6.45) is 12.4. The molecule has 21 nitrogen and oxygen atoms in total. The number of pyridine rings is 4. The van der Waals surface area contributed by atoms with Gasteiger partial charge in [0.2, 0.25) is 11.8 Å². The number of ketones is 1. The third-order valence-corrected chi connectivity index (χ3v) is 19.9. The summed E-state index contributed by atoms with van der Waals surface area (Å²) < 4.78 is 30.5. The first-order chi connectivity index (χ1) is 50.1. The van der Waals surface area contributed by atoms with Crippen LogP contribution in [-0.2, 0) is 83.2 Å². The topological polar surface area (TPSA) is 237 Å². The molecule has 0 bridgehead atoms. The number of fused-ring (bicyclic) bond motifs is 8. The molecule has 2 N–H and O–H groups in total. The normalized spacial score (nSPS) is 17.3. The SMILES string of the molecule is CC(=O)N1Cc2cccnc2Nc2ccc(C3CNC(=O)C3)cc21.CC(C)(C)OC(=O)N1Cc2cccnc2Cc2ccc(B3OC(C)(C)C(C)(C)O3)cc21.CC(C)(C)OC(=O)N1Cc2cccnc2Cc2ccc(C3=CC(=O)CC3)cc21.CC(C)(C)OC(=O)N1c2ccc(Br)cc2CCc2cccnc21. The maximum atomic E-state index is 13.2. The van der Waals surface area contributed by atoms with Crippen LogP contribution in [0.1, 0.15) is 184 Å². The zero-order chi connectivity index (χ0) is 75.8. The maximum Gasteiger partial charge on any atom is 0.494 e. The molecule has 0 radical (unpaired) electrons. The van der Waals surface area contributed by atoms with Crippen LogP contribution in [0.2, 0.25) is 0 Å². The van der Waals surface area contributed by atoms with Gasteiger partial charge in [-0.2, -0.15) is 0 Å². The van der Waals surface area contributed by atoms with Crippen molar-refractivity contribution in [1.82, 2.24) is 25.3 Å². The number of aryl methyl sites for hydroxylation is 2. The van der Waals surface area contributed by atoms with E-state index in [0.29, 0.717) is 57.7 Å². The van der Waals surface area contributed by atoms with Crippen molar-refractivity contribution in [1.29, 1.82) is 0 Å². The summed E-state index contributed by atoms with van der Waals surface area (Å²) in [6, 6.07) is 39.6. The van der Waals surface area contributed by atoms with Crippen LogP contribution in [0, 0.1) is 0 Å². The van der Waals surface area contributed by atoms with Gasteiger partial charge in [0.15, 0.2) is 5.78 Å². The number of benzene rings is 4. The molecule has 1 unspecified atom stereocenters. The van der Waals surface area contributed by atoms with Gasteiger partial charge in [-0.25, -0.2) is 29.3 Å². The van der Waals surface area contributed by atoms with E-state index in [1.54, 1.807) is 57.4 Å². The van der Waals surface area contributed by atoms with E-state index in [9.17, 15) is 28.8 Å². The Kier molecular flexibility index (Phi) is 21.7. The van der Waals surface area contributed by atoms with Gasteiger partial charge in [-0.3, -0.25) is 34.2 Å². The number of anilines is 7. The Morgan fingerprint density at radius 1 is 0.547 bits per heavy atom. The number of hydrogen-bond donors (Lipinski definition) is 2. The fraction of sp³-hybridized carbons (Fsp3) is 0.373. The monoisotopic (exact) mass is 1490 g/mol. The van der Waals surface area contributed by atoms with Gasteiger partial charge in [-0.05, 0) is 238 Å². The number of ether oxygens (including phenoxy) is 3. The van der Waals surface area contributed by atoms with Crippen LogP contribution in [-0.4, -0.2) is 97.5 Å². The summed E-state index contributed by atoms with van der Waals surface area (Å²) >= 11 is 3.51. The van der Waals surface area contributed by atoms with E-state index >= 15 is 0 Å². The lowest BCUT2D eigenvalue weighted by molar-refractivity contribution is -0.119. The van der Waals surface area contributed by atoms with Crippen LogP contribution < -0.4 is 35.7 Å². The van der Waals surface area contributed by atoms with E-state index in [2.05, 4.69) is 52.6 Å². The van der Waals surface area contributed by atoms with Gasteiger partial charge in [0.05, 0.1) is 59.3 Å². The number of allylic oxidation sites excluding steroid dienone is 2. The van der Waals surface area contributed by atoms with Gasteiger partial charge in [0.25, 0.3) is 0 Å². The molecule has 23 heteroatoms. The van der Waals surface area contributed by atoms with Crippen molar-refractivity contribution >= 4 is 110 Å². The highest BCUT2D eigenvalue weighted by Crippen LogP contribution is 2.43. The van der Waals surface area contributed by atoms with Gasteiger partial charge in [0, 0.05) is 91.3 Å². The van der Waals surface area contributed by atoms with Crippen LogP contribution in [0.5, 0.6) is 0 Å². The Morgan fingerprint density at radius 2 is 1.09 bits per heavy atom. The zero-order valence-corrected chi connectivity index (χ0v) is 64.4. The number of amides is 5. The van der Waals surface area contributed by atoms with Crippen molar-refractivity contribution in [2.45, 2.75) is 195 Å². The highest BCUT2D eigenvalue weighted by molar-refractivity contribution is 9.10. The number of hydrogen-bond acceptors (Lipinski definition) is 16. The molecule has 15 rings (SSSR count). The van der Waals surface area contributed by atoms with Gasteiger partial charge >= 0.3 is 25.4 Å². The zero-order valence-electron chi connectivity index (χ0n) is 62.8. The average molecular weight is 1500 g/mol. The summed E-state index contributed by atoms with van der Waals surface area (Å²) in [5, 5.41) is 6.19. The van der Waals surface area contributed by atoms with Crippen molar-refractivity contribution in [3.63, 3.8) is 0 Å². The van der Waals surface area contributed by atoms with Crippen LogP contribution in [0.3, 0.4) is 0 Å². The van der Waals surface area contributed by atoms with Gasteiger partial charge in [0.1, 0.15) is 28.4 Å². The molecule has 1 aliphatic carbocycles. The Morgan fingerprint density at radius 3 is 1.67 bits per heavy atom. The third-order valence-electron chi connectivity index (χ3n) is 19.4. The standard InChI is InChI=1S/C24H31BN2O4.C23H24N2O3.C18H19BrN2O2.C18H18N4O2/c1-22(2,3)29-21(28)27-15-17-9-8-12-26-19(17)13-16-10-11-18(14-20(16)27)25-30-23(4,5)24(6,7)31-25;1-23(2,3)28-22(27)25-14-18-5-4-10-24-20(18)12-17-7-6-16(13-21(17)25)15-8-9-19(26)11-15;1-18(2,3)23-17(22)21-15-9-8-14(19)11-13(15)7-6-12-5-4-10-20-16(12)21;1-11(23)22-10-13-3-2-6-19-18(13)21-15-5-4-12(7-16(15)22)14-8-17(24)20-9-14/h8-12,14H,13,15H2,1-7H3;4-7,10-11,13H,8-9,12,14H2,1-3H3;4-5,8-11H,6-7H2,1-3H3;2-7,14H,8-10H2,1H3,(H,19,21)(H,20,24). The van der Waals surface area contributed by atoms with Crippen LogP contribution in [0.15, 0.2) is 157 Å². The summed E-state index contributed by atoms with van der Waals surface area (Å²) in [5.74, 6) is 1.79. The molecular formula is C83H92BBrN10O11. The minimum atomic E-state index is -0.593. The fourth-order valence-corrected chi connectivity index (χ4v) is 13.9. The molecule has 7 aliphatic rings. The van der Waals surface area contributed by atoms with E-state index in [1.165, 1.54) is 0 Å². The minimum Gasteiger partial charge on any atom is -0.443 e. The second kappa shape index (κ2) is 30.4. The van der Waals surface area contributed by atoms with E-state index < -0.39 is 41.2 Å². The Labute approximate surface area is 629 Å². The number of nitrogens with one attached hydrogen (secondary N) is 2. The second-order valence-electron chi connectivity index (χ2n) is 31.5. The van der Waals surface area contributed by atoms with Crippen molar-refractivity contribution in [3.8, 4) is 0 Å². The second-order valence-corrected chi connectivity index (χ2v) is 32.4. The van der Waals surface area contributed by atoms with E-state index in [-0.39, 0.29) is 35.7 Å². The van der Waals surface area contributed by atoms with Gasteiger partial charge in [-0.1, -0.05) is 70.5 Å². The molecular weight excluding hydrogens is 1400 g/mol.